The molecule has 0 aliphatic heterocycles. The van der Waals surface area contributed by atoms with Crippen molar-refractivity contribution < 1.29 is 14.3 Å². The molecule has 1 amide bonds. The van der Waals surface area contributed by atoms with Crippen molar-refractivity contribution >= 4 is 11.8 Å². The van der Waals surface area contributed by atoms with Gasteiger partial charge in [0.1, 0.15) is 19.0 Å². The number of carbonyl (C=O) groups excluding carboxylic acids is 1. The van der Waals surface area contributed by atoms with Crippen LogP contribution in [0.4, 0.5) is 10.5 Å². The van der Waals surface area contributed by atoms with Gasteiger partial charge in [-0.3, -0.25) is 5.32 Å². The molecule has 0 heterocycles. The summed E-state index contributed by atoms with van der Waals surface area (Å²) in [6.45, 7) is 4.28. The maximum atomic E-state index is 12.4. The monoisotopic (exact) mass is 371 g/mol. The first-order chi connectivity index (χ1) is 13.8. The van der Waals surface area contributed by atoms with E-state index in [1.165, 1.54) is 22.3 Å². The van der Waals surface area contributed by atoms with Crippen LogP contribution in [0.5, 0.6) is 5.75 Å². The third-order valence-corrected chi connectivity index (χ3v) is 4.82. The number of nitrogens with one attached hydrogen (secondary N) is 1. The van der Waals surface area contributed by atoms with E-state index < -0.39 is 6.09 Å². The van der Waals surface area contributed by atoms with E-state index in [0.29, 0.717) is 18.0 Å². The van der Waals surface area contributed by atoms with Crippen molar-refractivity contribution in [2.45, 2.75) is 5.92 Å². The fourth-order valence-corrected chi connectivity index (χ4v) is 3.59. The summed E-state index contributed by atoms with van der Waals surface area (Å²) in [5.41, 5.74) is 5.35. The van der Waals surface area contributed by atoms with Crippen LogP contribution >= 0.6 is 0 Å². The molecule has 4 heteroatoms. The van der Waals surface area contributed by atoms with Gasteiger partial charge in [0.05, 0.1) is 5.69 Å². The summed E-state index contributed by atoms with van der Waals surface area (Å²) in [6, 6.07) is 23.8. The van der Waals surface area contributed by atoms with Crippen molar-refractivity contribution in [1.29, 1.82) is 0 Å². The standard InChI is InChI=1S/C24H21NO3/c1-2-15-27-23-14-8-7-13-22(23)25-24(26)28-16-21-19-11-5-3-9-17(19)18-10-4-6-12-20(18)21/h2-14,21H,1,15-16H2,(H,25,26). The number of anilines is 1. The molecule has 0 unspecified atom stereocenters. The van der Waals surface area contributed by atoms with Crippen molar-refractivity contribution in [1.82, 2.24) is 0 Å². The molecule has 3 aromatic rings. The first kappa shape index (κ1) is 17.9. The molecular weight excluding hydrogens is 350 g/mol. The number of ether oxygens (including phenoxy) is 2. The SMILES string of the molecule is C=CCOc1ccccc1NC(=O)OCC1c2ccccc2-c2ccccc21. The van der Waals surface area contributed by atoms with Gasteiger partial charge in [0.15, 0.2) is 0 Å². The fraction of sp³-hybridized carbons (Fsp3) is 0.125. The molecule has 0 spiro atoms. The van der Waals surface area contributed by atoms with E-state index in [1.54, 1.807) is 18.2 Å². The second-order valence-corrected chi connectivity index (χ2v) is 6.55. The summed E-state index contributed by atoms with van der Waals surface area (Å²) in [5, 5.41) is 2.77. The lowest BCUT2D eigenvalue weighted by Gasteiger charge is -2.15. The van der Waals surface area contributed by atoms with E-state index in [4.69, 9.17) is 9.47 Å². The molecule has 4 rings (SSSR count). The van der Waals surface area contributed by atoms with Crippen LogP contribution in [-0.2, 0) is 4.74 Å². The second-order valence-electron chi connectivity index (χ2n) is 6.55. The second kappa shape index (κ2) is 8.01. The van der Waals surface area contributed by atoms with E-state index >= 15 is 0 Å². The summed E-state index contributed by atoms with van der Waals surface area (Å²) in [4.78, 5) is 12.4. The predicted molar refractivity (Wildman–Crippen MR) is 111 cm³/mol. The number of fused-ring (bicyclic) bond motifs is 3. The molecule has 1 aliphatic rings. The average Bonchev–Trinajstić information content (AvgIpc) is 3.05. The molecule has 1 N–H and O–H groups in total. The summed E-state index contributed by atoms with van der Waals surface area (Å²) >= 11 is 0. The quantitative estimate of drug-likeness (QED) is 0.573. The van der Waals surface area contributed by atoms with Crippen molar-refractivity contribution in [3.05, 3.63) is 96.6 Å². The Labute approximate surface area is 164 Å². The van der Waals surface area contributed by atoms with Gasteiger partial charge in [-0.15, -0.1) is 0 Å². The zero-order valence-corrected chi connectivity index (χ0v) is 15.4. The third-order valence-electron chi connectivity index (χ3n) is 4.82. The zero-order chi connectivity index (χ0) is 19.3. The van der Waals surface area contributed by atoms with Crippen LogP contribution in [0.2, 0.25) is 0 Å². The number of rotatable bonds is 6. The van der Waals surface area contributed by atoms with Crippen LogP contribution in [0.1, 0.15) is 17.0 Å². The molecule has 0 aromatic heterocycles. The predicted octanol–water partition coefficient (Wildman–Crippen LogP) is 5.61. The summed E-state index contributed by atoms with van der Waals surface area (Å²) in [6.07, 6.45) is 1.15. The van der Waals surface area contributed by atoms with Gasteiger partial charge in [0.2, 0.25) is 0 Å². The van der Waals surface area contributed by atoms with E-state index in [0.717, 1.165) is 0 Å². The average molecular weight is 371 g/mol. The highest BCUT2D eigenvalue weighted by Crippen LogP contribution is 2.44. The molecule has 0 saturated heterocycles. The highest BCUT2D eigenvalue weighted by Gasteiger charge is 2.29. The normalized spacial score (nSPS) is 12.0. The summed E-state index contributed by atoms with van der Waals surface area (Å²) in [5.74, 6) is 0.612. The summed E-state index contributed by atoms with van der Waals surface area (Å²) in [7, 11) is 0. The van der Waals surface area contributed by atoms with E-state index in [-0.39, 0.29) is 12.5 Å². The smallest absolute Gasteiger partial charge is 0.411 e. The van der Waals surface area contributed by atoms with Gasteiger partial charge in [0.25, 0.3) is 0 Å². The Morgan fingerprint density at radius 3 is 2.21 bits per heavy atom. The molecular formula is C24H21NO3. The molecule has 0 atom stereocenters. The lowest BCUT2D eigenvalue weighted by atomic mass is 9.98. The largest absolute Gasteiger partial charge is 0.487 e. The van der Waals surface area contributed by atoms with Crippen LogP contribution in [0, 0.1) is 0 Å². The Morgan fingerprint density at radius 1 is 0.929 bits per heavy atom. The van der Waals surface area contributed by atoms with Gasteiger partial charge < -0.3 is 9.47 Å². The molecule has 0 radical (unpaired) electrons. The minimum Gasteiger partial charge on any atom is -0.487 e. The molecule has 4 nitrogen and oxygen atoms in total. The van der Waals surface area contributed by atoms with Crippen LogP contribution < -0.4 is 10.1 Å². The Bertz CT molecular complexity index is 966. The first-order valence-electron chi connectivity index (χ1n) is 9.22. The Hall–Kier alpha value is -3.53. The van der Waals surface area contributed by atoms with Crippen molar-refractivity contribution in [2.75, 3.05) is 18.5 Å². The molecule has 140 valence electrons. The van der Waals surface area contributed by atoms with Crippen LogP contribution in [0.25, 0.3) is 11.1 Å². The van der Waals surface area contributed by atoms with Crippen LogP contribution in [-0.4, -0.2) is 19.3 Å². The summed E-state index contributed by atoms with van der Waals surface area (Å²) < 4.78 is 11.1. The number of amides is 1. The first-order valence-corrected chi connectivity index (χ1v) is 9.22. The minimum absolute atomic E-state index is 0.0328. The van der Waals surface area contributed by atoms with Gasteiger partial charge in [-0.05, 0) is 34.4 Å². The number of hydrogen-bond acceptors (Lipinski definition) is 3. The van der Waals surface area contributed by atoms with Crippen LogP contribution in [0.3, 0.4) is 0 Å². The molecule has 1 aliphatic carbocycles. The molecule has 28 heavy (non-hydrogen) atoms. The third kappa shape index (κ3) is 3.49. The molecule has 0 saturated carbocycles. The Morgan fingerprint density at radius 2 is 1.54 bits per heavy atom. The van der Waals surface area contributed by atoms with Gasteiger partial charge in [-0.25, -0.2) is 4.79 Å². The number of carbonyl (C=O) groups is 1. The lowest BCUT2D eigenvalue weighted by Crippen LogP contribution is -2.18. The molecule has 3 aromatic carbocycles. The van der Waals surface area contributed by atoms with Crippen molar-refractivity contribution in [2.24, 2.45) is 0 Å². The fourth-order valence-electron chi connectivity index (χ4n) is 3.59. The highest BCUT2D eigenvalue weighted by atomic mass is 16.5. The topological polar surface area (TPSA) is 47.6 Å². The van der Waals surface area contributed by atoms with Gasteiger partial charge in [-0.2, -0.15) is 0 Å². The zero-order valence-electron chi connectivity index (χ0n) is 15.4. The highest BCUT2D eigenvalue weighted by molar-refractivity contribution is 5.87. The van der Waals surface area contributed by atoms with Gasteiger partial charge >= 0.3 is 6.09 Å². The van der Waals surface area contributed by atoms with E-state index in [2.05, 4.69) is 36.2 Å². The Kier molecular flexibility index (Phi) is 5.11. The van der Waals surface area contributed by atoms with Crippen molar-refractivity contribution in [3.63, 3.8) is 0 Å². The molecule has 0 fully saturated rings. The van der Waals surface area contributed by atoms with E-state index in [1.807, 2.05) is 36.4 Å². The maximum absolute atomic E-state index is 12.4. The maximum Gasteiger partial charge on any atom is 0.411 e. The van der Waals surface area contributed by atoms with Gasteiger partial charge in [-0.1, -0.05) is 73.3 Å². The number of hydrogen-bond donors (Lipinski definition) is 1. The number of benzene rings is 3. The molecule has 0 bridgehead atoms. The van der Waals surface area contributed by atoms with Gasteiger partial charge in [0, 0.05) is 5.92 Å². The number of para-hydroxylation sites is 2. The van der Waals surface area contributed by atoms with E-state index in [9.17, 15) is 4.79 Å². The lowest BCUT2D eigenvalue weighted by molar-refractivity contribution is 0.158. The Balaban J connectivity index is 1.47. The van der Waals surface area contributed by atoms with Crippen LogP contribution in [0.15, 0.2) is 85.5 Å². The minimum atomic E-state index is -0.503. The van der Waals surface area contributed by atoms with Crippen molar-refractivity contribution in [3.8, 4) is 16.9 Å².